The Balaban J connectivity index is 1.44. The van der Waals surface area contributed by atoms with Gasteiger partial charge in [0.15, 0.2) is 0 Å². The summed E-state index contributed by atoms with van der Waals surface area (Å²) in [7, 11) is 1.65. The second-order valence-electron chi connectivity index (χ2n) is 8.80. The van der Waals surface area contributed by atoms with Gasteiger partial charge in [0.2, 0.25) is 5.91 Å². The van der Waals surface area contributed by atoms with Gasteiger partial charge in [-0.2, -0.15) is 0 Å². The maximum absolute atomic E-state index is 13.3. The molecule has 1 N–H and O–H groups in total. The molecule has 1 aliphatic carbocycles. The van der Waals surface area contributed by atoms with Crippen molar-refractivity contribution in [1.82, 2.24) is 4.90 Å². The number of aliphatic carboxylic acids is 1. The molecule has 2 amide bonds. The van der Waals surface area contributed by atoms with Gasteiger partial charge in [0, 0.05) is 44.0 Å². The van der Waals surface area contributed by atoms with Crippen LogP contribution in [0.5, 0.6) is 5.75 Å². The van der Waals surface area contributed by atoms with Crippen LogP contribution in [0.1, 0.15) is 36.0 Å². The first kappa shape index (κ1) is 23.6. The number of carbonyl (C=O) groups is 3. The molecule has 0 bridgehead atoms. The number of piperazine rings is 1. The van der Waals surface area contributed by atoms with Gasteiger partial charge in [0.05, 0.1) is 24.0 Å². The van der Waals surface area contributed by atoms with Crippen LogP contribution in [0.25, 0.3) is 0 Å². The van der Waals surface area contributed by atoms with Gasteiger partial charge in [0.25, 0.3) is 5.91 Å². The summed E-state index contributed by atoms with van der Waals surface area (Å²) in [6.45, 7) is 2.40. The van der Waals surface area contributed by atoms with Crippen molar-refractivity contribution >= 4 is 29.2 Å². The molecule has 4 rings (SSSR count). The second kappa shape index (κ2) is 10.6. The van der Waals surface area contributed by atoms with Crippen LogP contribution in [0.2, 0.25) is 0 Å². The van der Waals surface area contributed by atoms with E-state index in [2.05, 4.69) is 10.2 Å². The first-order chi connectivity index (χ1) is 16.5. The lowest BCUT2D eigenvalue weighted by Gasteiger charge is -2.37. The molecule has 2 aromatic carbocycles. The molecule has 2 aliphatic rings. The number of hydrogen-bond donors (Lipinski definition) is 1. The normalized spacial score (nSPS) is 20.5. The summed E-state index contributed by atoms with van der Waals surface area (Å²) in [4.78, 5) is 41.8. The topological polar surface area (TPSA) is 102 Å². The number of anilines is 2. The van der Waals surface area contributed by atoms with Crippen molar-refractivity contribution in [2.45, 2.75) is 25.7 Å². The lowest BCUT2D eigenvalue weighted by Crippen LogP contribution is -2.49. The van der Waals surface area contributed by atoms with Crippen LogP contribution in [0, 0.1) is 11.8 Å². The third kappa shape index (κ3) is 5.00. The lowest BCUT2D eigenvalue weighted by atomic mass is 9.78. The number of ether oxygens (including phenoxy) is 1. The minimum Gasteiger partial charge on any atom is -0.550 e. The standard InChI is InChI=1S/C26H31N3O5/c1-34-23-13-7-6-12-22(23)28-14-16-29(17-15-28)25(31)20-10-4-5-11-21(20)27-24(30)18-8-2-3-9-19(18)26(32)33/h4-7,10-13,18-19H,2-3,8-9,14-17H2,1H3,(H,27,30)(H,32,33)/p-1/t18-,19+/m1/s1. The van der Waals surface area contributed by atoms with Crippen molar-refractivity contribution in [1.29, 1.82) is 0 Å². The molecule has 0 radical (unpaired) electrons. The minimum absolute atomic E-state index is 0.157. The van der Waals surface area contributed by atoms with Crippen LogP contribution in [0.3, 0.4) is 0 Å². The van der Waals surface area contributed by atoms with Gasteiger partial charge in [0.1, 0.15) is 5.75 Å². The monoisotopic (exact) mass is 464 g/mol. The molecule has 0 spiro atoms. The predicted octanol–water partition coefficient (Wildman–Crippen LogP) is 2.15. The Kier molecular flexibility index (Phi) is 7.35. The molecule has 0 aromatic heterocycles. The van der Waals surface area contributed by atoms with E-state index >= 15 is 0 Å². The molecule has 1 saturated heterocycles. The Morgan fingerprint density at radius 3 is 2.26 bits per heavy atom. The van der Waals surface area contributed by atoms with Crippen LogP contribution < -0.4 is 20.1 Å². The van der Waals surface area contributed by atoms with Crippen LogP contribution >= 0.6 is 0 Å². The van der Waals surface area contributed by atoms with E-state index in [1.54, 1.807) is 36.3 Å². The third-order valence-corrected chi connectivity index (χ3v) is 6.81. The zero-order chi connectivity index (χ0) is 24.1. The minimum atomic E-state index is -1.18. The molecule has 2 aromatic rings. The molecule has 8 nitrogen and oxygen atoms in total. The van der Waals surface area contributed by atoms with Gasteiger partial charge in [-0.15, -0.1) is 0 Å². The number of carbonyl (C=O) groups excluding carboxylic acids is 3. The molecule has 34 heavy (non-hydrogen) atoms. The maximum Gasteiger partial charge on any atom is 0.256 e. The number of carboxylic acids is 1. The van der Waals surface area contributed by atoms with Gasteiger partial charge in [-0.3, -0.25) is 9.59 Å². The molecule has 0 unspecified atom stereocenters. The van der Waals surface area contributed by atoms with Gasteiger partial charge in [-0.1, -0.05) is 37.1 Å². The van der Waals surface area contributed by atoms with Gasteiger partial charge >= 0.3 is 0 Å². The quantitative estimate of drug-likeness (QED) is 0.703. The molecule has 1 heterocycles. The Morgan fingerprint density at radius 1 is 0.912 bits per heavy atom. The zero-order valence-electron chi connectivity index (χ0n) is 19.4. The number of benzene rings is 2. The Labute approximate surface area is 199 Å². The molecular formula is C26H30N3O5-. The second-order valence-corrected chi connectivity index (χ2v) is 8.80. The summed E-state index contributed by atoms with van der Waals surface area (Å²) >= 11 is 0. The smallest absolute Gasteiger partial charge is 0.256 e. The van der Waals surface area contributed by atoms with E-state index in [4.69, 9.17) is 4.74 Å². The van der Waals surface area contributed by atoms with E-state index in [9.17, 15) is 19.5 Å². The van der Waals surface area contributed by atoms with Crippen molar-refractivity contribution in [2.75, 3.05) is 43.5 Å². The first-order valence-corrected chi connectivity index (χ1v) is 11.8. The van der Waals surface area contributed by atoms with Crippen LogP contribution in [-0.4, -0.2) is 56.0 Å². The number of nitrogens with zero attached hydrogens (tertiary/aromatic N) is 2. The SMILES string of the molecule is COc1ccccc1N1CCN(C(=O)c2ccccc2NC(=O)[C@@H]2CCCC[C@@H]2C(=O)[O-])CC1. The fraction of sp³-hybridized carbons (Fsp3) is 0.423. The van der Waals surface area contributed by atoms with E-state index in [1.807, 2.05) is 24.3 Å². The molecule has 180 valence electrons. The van der Waals surface area contributed by atoms with E-state index in [-0.39, 0.29) is 11.8 Å². The van der Waals surface area contributed by atoms with Crippen molar-refractivity contribution < 1.29 is 24.2 Å². The summed E-state index contributed by atoms with van der Waals surface area (Å²) in [5, 5.41) is 14.3. The van der Waals surface area contributed by atoms with E-state index in [0.29, 0.717) is 50.3 Å². The summed E-state index contributed by atoms with van der Waals surface area (Å²) in [5.74, 6) is -2.35. The number of rotatable bonds is 6. The molecule has 1 saturated carbocycles. The fourth-order valence-electron chi connectivity index (χ4n) is 4.94. The highest BCUT2D eigenvalue weighted by Crippen LogP contribution is 2.32. The molecule has 2 atom stereocenters. The van der Waals surface area contributed by atoms with E-state index in [1.165, 1.54) is 0 Å². The number of methoxy groups -OCH3 is 1. The Bertz CT molecular complexity index is 1050. The van der Waals surface area contributed by atoms with Crippen molar-refractivity contribution in [2.24, 2.45) is 11.8 Å². The number of amides is 2. The Morgan fingerprint density at radius 2 is 1.56 bits per heavy atom. The first-order valence-electron chi connectivity index (χ1n) is 11.8. The fourth-order valence-corrected chi connectivity index (χ4v) is 4.94. The van der Waals surface area contributed by atoms with Crippen molar-refractivity contribution in [3.8, 4) is 5.75 Å². The highest BCUT2D eigenvalue weighted by atomic mass is 16.5. The van der Waals surface area contributed by atoms with Gasteiger partial charge < -0.3 is 29.8 Å². The average molecular weight is 465 g/mol. The Hall–Kier alpha value is -3.55. The molecule has 1 aliphatic heterocycles. The average Bonchev–Trinajstić information content (AvgIpc) is 2.88. The summed E-state index contributed by atoms with van der Waals surface area (Å²) < 4.78 is 5.46. The predicted molar refractivity (Wildman–Crippen MR) is 127 cm³/mol. The van der Waals surface area contributed by atoms with Crippen LogP contribution in [0.4, 0.5) is 11.4 Å². The van der Waals surface area contributed by atoms with Crippen LogP contribution in [0.15, 0.2) is 48.5 Å². The molecule has 8 heteroatoms. The van der Waals surface area contributed by atoms with Crippen molar-refractivity contribution in [3.05, 3.63) is 54.1 Å². The maximum atomic E-state index is 13.3. The van der Waals surface area contributed by atoms with E-state index < -0.39 is 17.8 Å². The highest BCUT2D eigenvalue weighted by molar-refractivity contribution is 6.04. The summed E-state index contributed by atoms with van der Waals surface area (Å²) in [5.41, 5.74) is 1.81. The lowest BCUT2D eigenvalue weighted by molar-refractivity contribution is -0.313. The van der Waals surface area contributed by atoms with E-state index in [0.717, 1.165) is 24.3 Å². The van der Waals surface area contributed by atoms with Gasteiger partial charge in [-0.05, 0) is 37.1 Å². The van der Waals surface area contributed by atoms with Crippen molar-refractivity contribution in [3.63, 3.8) is 0 Å². The number of para-hydroxylation sites is 3. The number of nitrogens with one attached hydrogen (secondary N) is 1. The summed E-state index contributed by atoms with van der Waals surface area (Å²) in [6, 6.07) is 14.7. The third-order valence-electron chi connectivity index (χ3n) is 6.81. The van der Waals surface area contributed by atoms with Crippen LogP contribution in [-0.2, 0) is 9.59 Å². The number of hydrogen-bond acceptors (Lipinski definition) is 6. The zero-order valence-corrected chi connectivity index (χ0v) is 19.4. The summed E-state index contributed by atoms with van der Waals surface area (Å²) in [6.07, 6.45) is 2.53. The number of carboxylic acid groups (broad SMARTS) is 1. The molecule has 2 fully saturated rings. The van der Waals surface area contributed by atoms with Gasteiger partial charge in [-0.25, -0.2) is 0 Å². The largest absolute Gasteiger partial charge is 0.550 e. The molecular weight excluding hydrogens is 434 g/mol. The highest BCUT2D eigenvalue weighted by Gasteiger charge is 2.33.